The minimum atomic E-state index is 0.201. The van der Waals surface area contributed by atoms with E-state index in [-0.39, 0.29) is 6.10 Å². The molecule has 0 radical (unpaired) electrons. The number of hydrogen-bond donors (Lipinski definition) is 0. The lowest BCUT2D eigenvalue weighted by Crippen LogP contribution is -2.37. The van der Waals surface area contributed by atoms with Gasteiger partial charge in [0.15, 0.2) is 0 Å². The van der Waals surface area contributed by atoms with Gasteiger partial charge in [0.05, 0.1) is 17.7 Å². The summed E-state index contributed by atoms with van der Waals surface area (Å²) < 4.78 is 5.62. The van der Waals surface area contributed by atoms with Crippen LogP contribution in [0.25, 0.3) is 0 Å². The molecule has 1 aromatic heterocycles. The van der Waals surface area contributed by atoms with Gasteiger partial charge in [0.1, 0.15) is 11.9 Å². The quantitative estimate of drug-likeness (QED) is 0.813. The third kappa shape index (κ3) is 2.08. The molecular weight excluding hydrogens is 238 g/mol. The van der Waals surface area contributed by atoms with Crippen molar-refractivity contribution < 1.29 is 4.74 Å². The highest BCUT2D eigenvalue weighted by atomic mass is 16.5. The molecule has 0 bridgehead atoms. The molecule has 0 amide bonds. The summed E-state index contributed by atoms with van der Waals surface area (Å²) in [4.78, 5) is 6.88. The van der Waals surface area contributed by atoms with Gasteiger partial charge in [0, 0.05) is 19.3 Å². The zero-order chi connectivity index (χ0) is 13.4. The molecule has 0 spiro atoms. The summed E-state index contributed by atoms with van der Waals surface area (Å²) >= 11 is 0. The standard InChI is InChI=1S/C15H19N3O/c1-10-14(6-7-19-10)18(2)15-12(9-16)8-11-4-3-5-13(11)17-15/h8,10,14H,3-7H2,1-2H3. The van der Waals surface area contributed by atoms with E-state index in [1.54, 1.807) is 0 Å². The van der Waals surface area contributed by atoms with Crippen LogP contribution >= 0.6 is 0 Å². The molecule has 0 aromatic carbocycles. The third-order valence-corrected chi connectivity index (χ3v) is 4.32. The lowest BCUT2D eigenvalue weighted by molar-refractivity contribution is 0.118. The Morgan fingerprint density at radius 3 is 3.00 bits per heavy atom. The number of hydrogen-bond acceptors (Lipinski definition) is 4. The predicted octanol–water partition coefficient (Wildman–Crippen LogP) is 2.06. The molecule has 100 valence electrons. The van der Waals surface area contributed by atoms with Crippen LogP contribution in [-0.4, -0.2) is 30.8 Å². The van der Waals surface area contributed by atoms with E-state index in [0.717, 1.165) is 38.1 Å². The summed E-state index contributed by atoms with van der Waals surface area (Å²) in [5.41, 5.74) is 3.12. The molecule has 2 aliphatic rings. The van der Waals surface area contributed by atoms with Crippen molar-refractivity contribution in [2.75, 3.05) is 18.6 Å². The molecule has 1 saturated heterocycles. The fourth-order valence-corrected chi connectivity index (χ4v) is 3.20. The van der Waals surface area contributed by atoms with Crippen LogP contribution < -0.4 is 4.90 Å². The van der Waals surface area contributed by atoms with Crippen molar-refractivity contribution in [1.29, 1.82) is 5.26 Å². The number of nitrogens with zero attached hydrogens (tertiary/aromatic N) is 3. The summed E-state index contributed by atoms with van der Waals surface area (Å²) in [6, 6.07) is 4.65. The molecule has 1 aromatic rings. The maximum atomic E-state index is 9.36. The largest absolute Gasteiger partial charge is 0.376 e. The van der Waals surface area contributed by atoms with Crippen LogP contribution in [0.1, 0.15) is 36.6 Å². The zero-order valence-corrected chi connectivity index (χ0v) is 11.5. The maximum absolute atomic E-state index is 9.36. The Bertz CT molecular complexity index is 535. The Morgan fingerprint density at radius 1 is 1.47 bits per heavy atom. The number of aromatic nitrogens is 1. The van der Waals surface area contributed by atoms with Crippen LogP contribution in [0.5, 0.6) is 0 Å². The highest BCUT2D eigenvalue weighted by Crippen LogP contribution is 2.30. The average molecular weight is 257 g/mol. The topological polar surface area (TPSA) is 49.1 Å². The van der Waals surface area contributed by atoms with E-state index >= 15 is 0 Å². The zero-order valence-electron chi connectivity index (χ0n) is 11.5. The molecule has 2 heterocycles. The monoisotopic (exact) mass is 257 g/mol. The molecular formula is C15H19N3O. The van der Waals surface area contributed by atoms with E-state index < -0.39 is 0 Å². The number of ether oxygens (including phenoxy) is 1. The number of likely N-dealkylation sites (N-methyl/N-ethyl adjacent to an activating group) is 1. The smallest absolute Gasteiger partial charge is 0.146 e. The molecule has 0 saturated carbocycles. The van der Waals surface area contributed by atoms with Crippen molar-refractivity contribution in [1.82, 2.24) is 4.98 Å². The van der Waals surface area contributed by atoms with E-state index in [2.05, 4.69) is 17.9 Å². The fraction of sp³-hybridized carbons (Fsp3) is 0.600. The van der Waals surface area contributed by atoms with Gasteiger partial charge in [-0.15, -0.1) is 0 Å². The van der Waals surface area contributed by atoms with E-state index in [4.69, 9.17) is 9.72 Å². The second-order valence-electron chi connectivity index (χ2n) is 5.47. The van der Waals surface area contributed by atoms with Crippen LogP contribution in [0.15, 0.2) is 6.07 Å². The van der Waals surface area contributed by atoms with E-state index in [9.17, 15) is 5.26 Å². The SMILES string of the molecule is CC1OCCC1N(C)c1nc2c(cc1C#N)CCC2. The Balaban J connectivity index is 1.97. The van der Waals surface area contributed by atoms with Gasteiger partial charge in [-0.3, -0.25) is 0 Å². The highest BCUT2D eigenvalue weighted by molar-refractivity contribution is 5.57. The predicted molar refractivity (Wildman–Crippen MR) is 73.2 cm³/mol. The number of anilines is 1. The Labute approximate surface area is 114 Å². The minimum absolute atomic E-state index is 0.201. The van der Waals surface area contributed by atoms with Gasteiger partial charge in [0.25, 0.3) is 0 Å². The second kappa shape index (κ2) is 4.82. The van der Waals surface area contributed by atoms with E-state index in [1.165, 1.54) is 11.3 Å². The van der Waals surface area contributed by atoms with Gasteiger partial charge in [-0.25, -0.2) is 4.98 Å². The molecule has 2 atom stereocenters. The van der Waals surface area contributed by atoms with Gasteiger partial charge < -0.3 is 9.64 Å². The van der Waals surface area contributed by atoms with Crippen molar-refractivity contribution in [3.05, 3.63) is 22.9 Å². The van der Waals surface area contributed by atoms with Crippen LogP contribution in [0.2, 0.25) is 0 Å². The number of fused-ring (bicyclic) bond motifs is 1. The first kappa shape index (κ1) is 12.4. The van der Waals surface area contributed by atoms with Crippen molar-refractivity contribution in [2.24, 2.45) is 0 Å². The molecule has 4 nitrogen and oxygen atoms in total. The third-order valence-electron chi connectivity index (χ3n) is 4.32. The second-order valence-corrected chi connectivity index (χ2v) is 5.47. The summed E-state index contributed by atoms with van der Waals surface area (Å²) in [5.74, 6) is 0.825. The van der Waals surface area contributed by atoms with Crippen LogP contribution in [0, 0.1) is 11.3 Å². The van der Waals surface area contributed by atoms with E-state index in [1.807, 2.05) is 13.1 Å². The van der Waals surface area contributed by atoms with Crippen LogP contribution in [0.3, 0.4) is 0 Å². The molecule has 4 heteroatoms. The molecule has 2 unspecified atom stereocenters. The van der Waals surface area contributed by atoms with Gasteiger partial charge >= 0.3 is 0 Å². The lowest BCUT2D eigenvalue weighted by atomic mass is 10.1. The Morgan fingerprint density at radius 2 is 2.32 bits per heavy atom. The minimum Gasteiger partial charge on any atom is -0.376 e. The molecule has 0 N–H and O–H groups in total. The first-order valence-corrected chi connectivity index (χ1v) is 6.98. The molecule has 1 fully saturated rings. The van der Waals surface area contributed by atoms with Crippen molar-refractivity contribution in [2.45, 2.75) is 44.8 Å². The first-order chi connectivity index (χ1) is 9.20. The normalized spacial score (nSPS) is 25.1. The van der Waals surface area contributed by atoms with Crippen molar-refractivity contribution in [3.8, 4) is 6.07 Å². The number of rotatable bonds is 2. The van der Waals surface area contributed by atoms with Crippen LogP contribution in [0.4, 0.5) is 5.82 Å². The number of nitriles is 1. The number of pyridine rings is 1. The fourth-order valence-electron chi connectivity index (χ4n) is 3.20. The maximum Gasteiger partial charge on any atom is 0.146 e. The summed E-state index contributed by atoms with van der Waals surface area (Å²) in [6.07, 6.45) is 4.46. The van der Waals surface area contributed by atoms with Crippen LogP contribution in [-0.2, 0) is 17.6 Å². The Kier molecular flexibility index (Phi) is 3.16. The molecule has 19 heavy (non-hydrogen) atoms. The molecule has 1 aliphatic carbocycles. The van der Waals surface area contributed by atoms with Gasteiger partial charge in [0.2, 0.25) is 0 Å². The first-order valence-electron chi connectivity index (χ1n) is 6.98. The molecule has 3 rings (SSSR count). The lowest BCUT2D eigenvalue weighted by Gasteiger charge is -2.28. The average Bonchev–Trinajstić information content (AvgIpc) is 3.04. The molecule has 1 aliphatic heterocycles. The summed E-state index contributed by atoms with van der Waals surface area (Å²) in [5, 5.41) is 9.36. The van der Waals surface area contributed by atoms with E-state index in [0.29, 0.717) is 11.6 Å². The highest BCUT2D eigenvalue weighted by Gasteiger charge is 2.30. The van der Waals surface area contributed by atoms with Gasteiger partial charge in [-0.2, -0.15) is 5.26 Å². The van der Waals surface area contributed by atoms with Gasteiger partial charge in [-0.05, 0) is 44.2 Å². The Hall–Kier alpha value is -1.60. The van der Waals surface area contributed by atoms with Crippen molar-refractivity contribution in [3.63, 3.8) is 0 Å². The summed E-state index contributed by atoms with van der Waals surface area (Å²) in [7, 11) is 2.03. The van der Waals surface area contributed by atoms with Crippen molar-refractivity contribution >= 4 is 5.82 Å². The number of aryl methyl sites for hydroxylation is 2. The summed E-state index contributed by atoms with van der Waals surface area (Å²) in [6.45, 7) is 2.89. The van der Waals surface area contributed by atoms with Gasteiger partial charge in [-0.1, -0.05) is 0 Å².